The molecule has 8 rings (SSSR count). The molecule has 6 nitrogen and oxygen atoms in total. The van der Waals surface area contributed by atoms with E-state index in [0.29, 0.717) is 17.7 Å². The van der Waals surface area contributed by atoms with Crippen LogP contribution in [0.1, 0.15) is 38.5 Å². The minimum Gasteiger partial charge on any atom is -0.335 e. The highest BCUT2D eigenvalue weighted by molar-refractivity contribution is 6.02. The van der Waals surface area contributed by atoms with Gasteiger partial charge in [0, 0.05) is 11.5 Å². The first-order valence-electron chi connectivity index (χ1n) is 11.6. The van der Waals surface area contributed by atoms with E-state index < -0.39 is 4.92 Å². The van der Waals surface area contributed by atoms with Gasteiger partial charge in [-0.25, -0.2) is 4.98 Å². The van der Waals surface area contributed by atoms with E-state index in [1.54, 1.807) is 6.07 Å². The molecule has 4 saturated carbocycles. The highest BCUT2D eigenvalue weighted by Gasteiger charge is 2.66. The molecule has 0 N–H and O–H groups in total. The standard InChI is InChI=1S/C25H25N3O3/c29-21-5-6-22-25(16-9-14-8-15(11-16)12-17(25)10-14)20-3-1-2-19(20)24(21)27(22)23-7-4-18(13-26-23)28(30)31/h1,3-7,13-17,22,24H,2,8-12H2/t14?,15?,16?,17?,22-,24-,25?/m1/s1. The Kier molecular flexibility index (Phi) is 3.42. The van der Waals surface area contributed by atoms with E-state index in [1.165, 1.54) is 55.5 Å². The van der Waals surface area contributed by atoms with Gasteiger partial charge in [-0.1, -0.05) is 18.2 Å². The van der Waals surface area contributed by atoms with Gasteiger partial charge in [0.2, 0.25) is 0 Å². The molecule has 5 aliphatic carbocycles. The van der Waals surface area contributed by atoms with Crippen molar-refractivity contribution in [2.75, 3.05) is 4.90 Å². The predicted molar refractivity (Wildman–Crippen MR) is 115 cm³/mol. The summed E-state index contributed by atoms with van der Waals surface area (Å²) < 4.78 is 0. The van der Waals surface area contributed by atoms with E-state index in [4.69, 9.17) is 0 Å². The number of nitrogens with zero attached hydrogens (tertiary/aromatic N) is 3. The third-order valence-corrected chi connectivity index (χ3v) is 9.24. The summed E-state index contributed by atoms with van der Waals surface area (Å²) in [5.41, 5.74) is 2.72. The topological polar surface area (TPSA) is 76.3 Å². The molecule has 7 aliphatic rings. The predicted octanol–water partition coefficient (Wildman–Crippen LogP) is 4.38. The Labute approximate surface area is 180 Å². The summed E-state index contributed by atoms with van der Waals surface area (Å²) in [5.74, 6) is 3.79. The first-order chi connectivity index (χ1) is 15.1. The summed E-state index contributed by atoms with van der Waals surface area (Å²) in [5, 5.41) is 11.2. The van der Waals surface area contributed by atoms with Gasteiger partial charge in [-0.15, -0.1) is 0 Å². The van der Waals surface area contributed by atoms with Crippen molar-refractivity contribution < 1.29 is 9.72 Å². The molecule has 0 unspecified atom stereocenters. The van der Waals surface area contributed by atoms with Crippen LogP contribution < -0.4 is 4.90 Å². The summed E-state index contributed by atoms with van der Waals surface area (Å²) in [6.07, 6.45) is 17.3. The number of aromatic nitrogens is 1. The van der Waals surface area contributed by atoms with Crippen molar-refractivity contribution in [3.05, 3.63) is 63.9 Å². The number of fused-ring (bicyclic) bond motifs is 3. The first kappa shape index (κ1) is 17.9. The van der Waals surface area contributed by atoms with E-state index in [0.717, 1.165) is 18.3 Å². The second kappa shape index (κ2) is 5.93. The fraction of sp³-hybridized carbons (Fsp3) is 0.520. The van der Waals surface area contributed by atoms with Crippen LogP contribution in [-0.4, -0.2) is 27.8 Å². The maximum absolute atomic E-state index is 13.2. The van der Waals surface area contributed by atoms with Crippen molar-refractivity contribution in [1.82, 2.24) is 4.98 Å². The van der Waals surface area contributed by atoms with Crippen molar-refractivity contribution in [3.8, 4) is 0 Å². The molecule has 1 aromatic heterocycles. The van der Waals surface area contributed by atoms with Crippen molar-refractivity contribution in [3.63, 3.8) is 0 Å². The van der Waals surface area contributed by atoms with Gasteiger partial charge in [-0.3, -0.25) is 14.9 Å². The quantitative estimate of drug-likeness (QED) is 0.529. The van der Waals surface area contributed by atoms with Gasteiger partial charge in [-0.2, -0.15) is 0 Å². The number of hydrogen-bond acceptors (Lipinski definition) is 5. The fourth-order valence-corrected chi connectivity index (χ4v) is 8.56. The molecule has 2 atom stereocenters. The number of pyridine rings is 1. The first-order valence-corrected chi connectivity index (χ1v) is 11.6. The third kappa shape index (κ3) is 2.13. The number of carbonyl (C=O) groups is 1. The largest absolute Gasteiger partial charge is 0.335 e. The minimum atomic E-state index is -0.417. The Hall–Kier alpha value is -2.76. The Morgan fingerprint density at radius 1 is 1.06 bits per heavy atom. The molecule has 6 heteroatoms. The number of nitro groups is 1. The number of rotatable bonds is 2. The monoisotopic (exact) mass is 415 g/mol. The number of carbonyl (C=O) groups excluding carboxylic acids is 1. The highest BCUT2D eigenvalue weighted by atomic mass is 16.6. The molecule has 1 spiro atoms. The van der Waals surface area contributed by atoms with Crippen LogP contribution in [0.15, 0.2) is 53.8 Å². The van der Waals surface area contributed by atoms with Crippen LogP contribution in [0.5, 0.6) is 0 Å². The number of ketones is 1. The van der Waals surface area contributed by atoms with Crippen LogP contribution in [0, 0.1) is 39.2 Å². The Bertz CT molecular complexity index is 1070. The molecular weight excluding hydrogens is 390 g/mol. The SMILES string of the molecule is O=C1C=C[C@H]2N(c3ccc([N+](=O)[O-])cn3)[C@@H]1C1=C(C=CC1)C21C2CC3CC(C2)CC1C3. The lowest BCUT2D eigenvalue weighted by atomic mass is 9.40. The molecular formula is C25H25N3O3. The summed E-state index contributed by atoms with van der Waals surface area (Å²) in [6, 6.07) is 3.01. The van der Waals surface area contributed by atoms with Gasteiger partial charge >= 0.3 is 0 Å². The lowest BCUT2D eigenvalue weighted by molar-refractivity contribution is -0.385. The third-order valence-electron chi connectivity index (χ3n) is 9.24. The number of hydrogen-bond donors (Lipinski definition) is 0. The van der Waals surface area contributed by atoms with Gasteiger partial charge in [0.25, 0.3) is 5.69 Å². The van der Waals surface area contributed by atoms with Crippen molar-refractivity contribution in [2.45, 2.75) is 50.6 Å². The van der Waals surface area contributed by atoms with Gasteiger partial charge < -0.3 is 4.90 Å². The molecule has 0 aromatic carbocycles. The van der Waals surface area contributed by atoms with E-state index >= 15 is 0 Å². The molecule has 0 saturated heterocycles. The molecule has 0 amide bonds. The van der Waals surface area contributed by atoms with Crippen LogP contribution in [0.25, 0.3) is 0 Å². The van der Waals surface area contributed by atoms with Crippen LogP contribution in [0.4, 0.5) is 11.5 Å². The molecule has 6 bridgehead atoms. The van der Waals surface area contributed by atoms with Crippen LogP contribution in [0.3, 0.4) is 0 Å². The second-order valence-electron chi connectivity index (χ2n) is 10.4. The molecule has 158 valence electrons. The second-order valence-corrected chi connectivity index (χ2v) is 10.4. The lowest BCUT2D eigenvalue weighted by Gasteiger charge is -2.68. The van der Waals surface area contributed by atoms with E-state index in [9.17, 15) is 14.9 Å². The maximum Gasteiger partial charge on any atom is 0.287 e. The van der Waals surface area contributed by atoms with E-state index in [2.05, 4.69) is 28.1 Å². The fourth-order valence-electron chi connectivity index (χ4n) is 8.56. The molecule has 4 fully saturated rings. The summed E-state index contributed by atoms with van der Waals surface area (Å²) in [7, 11) is 0. The van der Waals surface area contributed by atoms with Gasteiger partial charge in [0.1, 0.15) is 18.1 Å². The Balaban J connectivity index is 1.43. The Morgan fingerprint density at radius 2 is 1.81 bits per heavy atom. The maximum atomic E-state index is 13.2. The number of anilines is 1. The van der Waals surface area contributed by atoms with Gasteiger partial charge in [0.05, 0.1) is 11.0 Å². The van der Waals surface area contributed by atoms with E-state index in [-0.39, 0.29) is 29.0 Å². The highest BCUT2D eigenvalue weighted by Crippen LogP contribution is 2.69. The van der Waals surface area contributed by atoms with Gasteiger partial charge in [0.15, 0.2) is 5.78 Å². The van der Waals surface area contributed by atoms with Crippen LogP contribution in [0.2, 0.25) is 0 Å². The molecule has 31 heavy (non-hydrogen) atoms. The minimum absolute atomic E-state index is 0.0143. The summed E-state index contributed by atoms with van der Waals surface area (Å²) >= 11 is 0. The van der Waals surface area contributed by atoms with E-state index in [1.807, 2.05) is 6.08 Å². The van der Waals surface area contributed by atoms with Crippen LogP contribution in [-0.2, 0) is 4.79 Å². The zero-order chi connectivity index (χ0) is 20.9. The van der Waals surface area contributed by atoms with Crippen molar-refractivity contribution in [2.24, 2.45) is 29.1 Å². The lowest BCUT2D eigenvalue weighted by Crippen LogP contribution is -2.68. The molecule has 2 aliphatic heterocycles. The summed E-state index contributed by atoms with van der Waals surface area (Å²) in [6.45, 7) is 0. The van der Waals surface area contributed by atoms with Gasteiger partial charge in [-0.05, 0) is 85.5 Å². The Morgan fingerprint density at radius 3 is 2.45 bits per heavy atom. The average Bonchev–Trinajstić information content (AvgIpc) is 3.24. The molecule has 3 heterocycles. The average molecular weight is 415 g/mol. The molecule has 0 radical (unpaired) electrons. The van der Waals surface area contributed by atoms with Crippen LogP contribution >= 0.6 is 0 Å². The normalized spacial score (nSPS) is 41.4. The smallest absolute Gasteiger partial charge is 0.287 e. The molecule has 1 aromatic rings. The van der Waals surface area contributed by atoms with Crippen molar-refractivity contribution in [1.29, 1.82) is 0 Å². The van der Waals surface area contributed by atoms with Crippen molar-refractivity contribution >= 4 is 17.3 Å². The zero-order valence-corrected chi connectivity index (χ0v) is 17.3. The summed E-state index contributed by atoms with van der Waals surface area (Å²) in [4.78, 5) is 30.6. The zero-order valence-electron chi connectivity index (χ0n) is 17.3. The number of allylic oxidation sites excluding steroid dienone is 2.